The van der Waals surface area contributed by atoms with Crippen LogP contribution in [-0.2, 0) is 5.41 Å². The normalized spacial score (nSPS) is 15.6. The van der Waals surface area contributed by atoms with Crippen LogP contribution in [0.1, 0.15) is 17.5 Å². The lowest BCUT2D eigenvalue weighted by Gasteiger charge is -2.34. The highest BCUT2D eigenvalue weighted by Gasteiger charge is 2.35. The largest absolute Gasteiger partial charge is 0.512 e. The summed E-state index contributed by atoms with van der Waals surface area (Å²) >= 11 is 0. The highest BCUT2D eigenvalue weighted by atomic mass is 16.3. The molecule has 1 aliphatic carbocycles. The molecular weight excluding hydrogens is 280 g/mol. The number of benzene rings is 3. The Bertz CT molecular complexity index is 901. The Labute approximate surface area is 135 Å². The molecule has 0 aromatic heterocycles. The lowest BCUT2D eigenvalue weighted by atomic mass is 9.69. The minimum absolute atomic E-state index is 0.332. The second-order valence-corrected chi connectivity index (χ2v) is 6.06. The van der Waals surface area contributed by atoms with Crippen LogP contribution in [0.15, 0.2) is 84.9 Å². The minimum atomic E-state index is -0.332. The van der Waals surface area contributed by atoms with Crippen molar-refractivity contribution in [2.75, 3.05) is 0 Å². The van der Waals surface area contributed by atoms with Crippen LogP contribution in [0.4, 0.5) is 0 Å². The first-order chi connectivity index (χ1) is 11.3. The summed E-state index contributed by atoms with van der Waals surface area (Å²) in [7, 11) is 0. The summed E-state index contributed by atoms with van der Waals surface area (Å²) in [6.45, 7) is 0. The van der Waals surface area contributed by atoms with Gasteiger partial charge in [0.05, 0.1) is 0 Å². The average Bonchev–Trinajstić information content (AvgIpc) is 2.63. The highest BCUT2D eigenvalue weighted by molar-refractivity contribution is 5.64. The third-order valence-corrected chi connectivity index (χ3v) is 4.70. The molecule has 0 heterocycles. The molecule has 1 nitrogen and oxygen atoms in total. The molecule has 0 saturated carbocycles. The number of aliphatic hydroxyl groups excluding tert-OH is 1. The maximum atomic E-state index is 10.7. The van der Waals surface area contributed by atoms with E-state index in [0.717, 1.165) is 10.4 Å². The van der Waals surface area contributed by atoms with Crippen LogP contribution in [0.2, 0.25) is 0 Å². The molecule has 0 saturated heterocycles. The number of aliphatic hydroxyl groups is 1. The van der Waals surface area contributed by atoms with Crippen molar-refractivity contribution in [1.82, 2.24) is 0 Å². The molecule has 0 amide bonds. The zero-order valence-corrected chi connectivity index (χ0v) is 12.8. The quantitative estimate of drug-likeness (QED) is 0.767. The van der Waals surface area contributed by atoms with Gasteiger partial charge >= 0.3 is 0 Å². The zero-order chi connectivity index (χ0) is 15.7. The monoisotopic (exact) mass is 298 g/mol. The molecule has 112 valence electrons. The number of hydrogen-bond acceptors (Lipinski definition) is 1. The molecule has 0 unspecified atom stereocenters. The maximum Gasteiger partial charge on any atom is 0.102 e. The van der Waals surface area contributed by atoms with Crippen molar-refractivity contribution in [3.8, 4) is 0 Å². The Morgan fingerprint density at radius 2 is 1.17 bits per heavy atom. The van der Waals surface area contributed by atoms with Crippen LogP contribution in [0, 0.1) is 0 Å². The molecule has 4 rings (SSSR count). The summed E-state index contributed by atoms with van der Waals surface area (Å²) in [6, 6.07) is 28.9. The van der Waals surface area contributed by atoms with Crippen LogP contribution < -0.4 is 10.4 Å². The fourth-order valence-corrected chi connectivity index (χ4v) is 3.57. The van der Waals surface area contributed by atoms with Crippen molar-refractivity contribution in [2.24, 2.45) is 0 Å². The van der Waals surface area contributed by atoms with E-state index >= 15 is 0 Å². The fraction of sp³-hybridized carbons (Fsp3) is 0.0909. The molecule has 0 bridgehead atoms. The third kappa shape index (κ3) is 2.25. The van der Waals surface area contributed by atoms with Crippen LogP contribution in [-0.4, -0.2) is 5.11 Å². The molecule has 1 aliphatic rings. The molecule has 23 heavy (non-hydrogen) atoms. The van der Waals surface area contributed by atoms with Gasteiger partial charge in [-0.05, 0) is 16.3 Å². The first-order valence-electron chi connectivity index (χ1n) is 7.91. The molecule has 0 atom stereocenters. The predicted octanol–water partition coefficient (Wildman–Crippen LogP) is 3.52. The van der Waals surface area contributed by atoms with E-state index in [4.69, 9.17) is 0 Å². The SMILES string of the molecule is OC1=c2ccccc2=CC(c2ccccc2)(c2ccccc2)C1. The van der Waals surface area contributed by atoms with Crippen molar-refractivity contribution in [3.05, 3.63) is 106 Å². The lowest BCUT2D eigenvalue weighted by molar-refractivity contribution is 0.452. The van der Waals surface area contributed by atoms with E-state index in [1.54, 1.807) is 0 Å². The van der Waals surface area contributed by atoms with Gasteiger partial charge in [0.2, 0.25) is 0 Å². The van der Waals surface area contributed by atoms with Gasteiger partial charge in [0, 0.05) is 17.1 Å². The van der Waals surface area contributed by atoms with Gasteiger partial charge in [-0.3, -0.25) is 0 Å². The Morgan fingerprint density at radius 1 is 0.652 bits per heavy atom. The van der Waals surface area contributed by atoms with E-state index in [9.17, 15) is 5.11 Å². The van der Waals surface area contributed by atoms with Crippen molar-refractivity contribution < 1.29 is 5.11 Å². The van der Waals surface area contributed by atoms with E-state index in [1.165, 1.54) is 11.1 Å². The summed E-state index contributed by atoms with van der Waals surface area (Å²) < 4.78 is 0. The Hall–Kier alpha value is -2.80. The molecule has 1 heteroatoms. The molecular formula is C22H18O. The molecule has 1 N–H and O–H groups in total. The second-order valence-electron chi connectivity index (χ2n) is 6.06. The first-order valence-corrected chi connectivity index (χ1v) is 7.91. The highest BCUT2D eigenvalue weighted by Crippen LogP contribution is 2.40. The Kier molecular flexibility index (Phi) is 3.27. The van der Waals surface area contributed by atoms with Crippen LogP contribution >= 0.6 is 0 Å². The zero-order valence-electron chi connectivity index (χ0n) is 12.8. The number of hydrogen-bond donors (Lipinski definition) is 1. The number of fused-ring (bicyclic) bond motifs is 1. The summed E-state index contributed by atoms with van der Waals surface area (Å²) in [5.41, 5.74) is 2.07. The molecule has 3 aromatic rings. The molecule has 3 aromatic carbocycles. The lowest BCUT2D eigenvalue weighted by Crippen LogP contribution is -2.39. The van der Waals surface area contributed by atoms with Crippen molar-refractivity contribution >= 4 is 11.8 Å². The molecule has 0 fully saturated rings. The van der Waals surface area contributed by atoms with Crippen molar-refractivity contribution in [1.29, 1.82) is 0 Å². The summed E-state index contributed by atoms with van der Waals surface area (Å²) in [5.74, 6) is 0.454. The summed E-state index contributed by atoms with van der Waals surface area (Å²) in [5, 5.41) is 12.7. The minimum Gasteiger partial charge on any atom is -0.512 e. The molecule has 0 radical (unpaired) electrons. The van der Waals surface area contributed by atoms with E-state index in [0.29, 0.717) is 12.2 Å². The molecule has 0 aliphatic heterocycles. The van der Waals surface area contributed by atoms with E-state index < -0.39 is 0 Å². The predicted molar refractivity (Wildman–Crippen MR) is 94.5 cm³/mol. The van der Waals surface area contributed by atoms with Gasteiger partial charge in [-0.1, -0.05) is 91.0 Å². The van der Waals surface area contributed by atoms with Crippen LogP contribution in [0.3, 0.4) is 0 Å². The Balaban J connectivity index is 2.06. The smallest absolute Gasteiger partial charge is 0.102 e. The topological polar surface area (TPSA) is 20.2 Å². The van der Waals surface area contributed by atoms with Crippen LogP contribution in [0.25, 0.3) is 11.8 Å². The van der Waals surface area contributed by atoms with Gasteiger partial charge in [0.25, 0.3) is 0 Å². The van der Waals surface area contributed by atoms with Crippen molar-refractivity contribution in [3.63, 3.8) is 0 Å². The average molecular weight is 298 g/mol. The Morgan fingerprint density at radius 3 is 1.78 bits per heavy atom. The standard InChI is InChI=1S/C22H18O/c23-21-16-22(18-10-3-1-4-11-18,19-12-5-2-6-13-19)15-17-9-7-8-14-20(17)21/h1-15,23H,16H2. The van der Waals surface area contributed by atoms with Gasteiger partial charge in [0.15, 0.2) is 0 Å². The van der Waals surface area contributed by atoms with E-state index in [2.05, 4.69) is 60.7 Å². The van der Waals surface area contributed by atoms with Gasteiger partial charge in [-0.2, -0.15) is 0 Å². The fourth-order valence-electron chi connectivity index (χ4n) is 3.57. The van der Waals surface area contributed by atoms with Crippen LogP contribution in [0.5, 0.6) is 0 Å². The first kappa shape index (κ1) is 13.8. The van der Waals surface area contributed by atoms with E-state index in [-0.39, 0.29) is 5.41 Å². The second kappa shape index (κ2) is 5.44. The molecule has 0 spiro atoms. The van der Waals surface area contributed by atoms with Gasteiger partial charge in [-0.25, -0.2) is 0 Å². The third-order valence-electron chi connectivity index (χ3n) is 4.70. The van der Waals surface area contributed by atoms with Crippen molar-refractivity contribution in [2.45, 2.75) is 11.8 Å². The summed E-state index contributed by atoms with van der Waals surface area (Å²) in [6.07, 6.45) is 2.88. The van der Waals surface area contributed by atoms with Gasteiger partial charge in [-0.15, -0.1) is 0 Å². The maximum absolute atomic E-state index is 10.7. The summed E-state index contributed by atoms with van der Waals surface area (Å²) in [4.78, 5) is 0. The van der Waals surface area contributed by atoms with Gasteiger partial charge in [0.1, 0.15) is 5.76 Å². The van der Waals surface area contributed by atoms with Gasteiger partial charge < -0.3 is 5.11 Å². The number of rotatable bonds is 2. The van der Waals surface area contributed by atoms with E-state index in [1.807, 2.05) is 30.3 Å².